The molecule has 4 atom stereocenters. The molecule has 0 heterocycles. The van der Waals surface area contributed by atoms with Gasteiger partial charge in [0.25, 0.3) is 0 Å². The Kier molecular flexibility index (Phi) is 7.25. The summed E-state index contributed by atoms with van der Waals surface area (Å²) in [6.07, 6.45) is 4.43. The molecule has 114 valence electrons. The monoisotopic (exact) mass is 276 g/mol. The Morgan fingerprint density at radius 2 is 1.00 bits per heavy atom. The van der Waals surface area contributed by atoms with Crippen molar-refractivity contribution >= 4 is 0 Å². The molecular formula is C18H32N2. The Morgan fingerprint density at radius 1 is 0.700 bits per heavy atom. The molecule has 20 heavy (non-hydrogen) atoms. The van der Waals surface area contributed by atoms with E-state index in [0.717, 1.165) is 25.7 Å². The first-order chi connectivity index (χ1) is 9.36. The van der Waals surface area contributed by atoms with Gasteiger partial charge in [0.15, 0.2) is 0 Å². The van der Waals surface area contributed by atoms with Gasteiger partial charge in [0, 0.05) is 12.1 Å². The van der Waals surface area contributed by atoms with Gasteiger partial charge in [-0.05, 0) is 62.5 Å². The van der Waals surface area contributed by atoms with E-state index in [-0.39, 0.29) is 0 Å². The maximum Gasteiger partial charge on any atom is 0.00131 e. The van der Waals surface area contributed by atoms with Crippen LogP contribution in [0.3, 0.4) is 0 Å². The van der Waals surface area contributed by atoms with Crippen LogP contribution in [0, 0.1) is 11.8 Å². The van der Waals surface area contributed by atoms with E-state index in [9.17, 15) is 0 Å². The summed E-state index contributed by atoms with van der Waals surface area (Å²) >= 11 is 0. The fourth-order valence-electron chi connectivity index (χ4n) is 3.05. The van der Waals surface area contributed by atoms with Gasteiger partial charge in [-0.2, -0.15) is 0 Å². The van der Waals surface area contributed by atoms with Crippen molar-refractivity contribution in [2.75, 3.05) is 0 Å². The van der Waals surface area contributed by atoms with E-state index in [1.165, 1.54) is 11.1 Å². The van der Waals surface area contributed by atoms with Crippen LogP contribution in [0.5, 0.6) is 0 Å². The van der Waals surface area contributed by atoms with E-state index in [1.54, 1.807) is 0 Å². The lowest BCUT2D eigenvalue weighted by Gasteiger charge is -2.16. The standard InChI is InChI=1S/C18H32N2/c1-13(9-15(3)19)11-17-5-7-18(8-6-17)12-14(2)10-16(4)20/h5-8,13-16H,9-12,19-20H2,1-4H3. The highest BCUT2D eigenvalue weighted by molar-refractivity contribution is 5.23. The molecule has 2 heteroatoms. The lowest BCUT2D eigenvalue weighted by Crippen LogP contribution is -2.19. The molecule has 4 unspecified atom stereocenters. The summed E-state index contributed by atoms with van der Waals surface area (Å²) in [5, 5.41) is 0. The van der Waals surface area contributed by atoms with Crippen molar-refractivity contribution in [3.63, 3.8) is 0 Å². The molecule has 0 spiro atoms. The van der Waals surface area contributed by atoms with Gasteiger partial charge in [-0.1, -0.05) is 38.1 Å². The molecule has 0 radical (unpaired) electrons. The van der Waals surface area contributed by atoms with Crippen molar-refractivity contribution in [2.24, 2.45) is 23.3 Å². The predicted octanol–water partition coefficient (Wildman–Crippen LogP) is 3.52. The van der Waals surface area contributed by atoms with Crippen molar-refractivity contribution in [1.82, 2.24) is 0 Å². The van der Waals surface area contributed by atoms with Crippen molar-refractivity contribution in [1.29, 1.82) is 0 Å². The Balaban J connectivity index is 2.47. The van der Waals surface area contributed by atoms with E-state index in [4.69, 9.17) is 11.5 Å². The van der Waals surface area contributed by atoms with E-state index in [0.29, 0.717) is 23.9 Å². The Bertz CT molecular complexity index is 331. The smallest absolute Gasteiger partial charge is 0.00131 e. The second kappa shape index (κ2) is 8.43. The first-order valence-electron chi connectivity index (χ1n) is 7.95. The lowest BCUT2D eigenvalue weighted by molar-refractivity contribution is 0.477. The van der Waals surface area contributed by atoms with Crippen molar-refractivity contribution in [2.45, 2.75) is 65.5 Å². The summed E-state index contributed by atoms with van der Waals surface area (Å²) in [6.45, 7) is 8.73. The fourth-order valence-corrected chi connectivity index (χ4v) is 3.05. The molecule has 0 aromatic heterocycles. The summed E-state index contributed by atoms with van der Waals surface area (Å²) in [6, 6.07) is 9.67. The number of hydrogen-bond donors (Lipinski definition) is 2. The molecule has 0 fully saturated rings. The molecule has 1 rings (SSSR count). The van der Waals surface area contributed by atoms with Crippen LogP contribution in [0.2, 0.25) is 0 Å². The molecule has 1 aromatic carbocycles. The summed E-state index contributed by atoms with van der Waals surface area (Å²) in [5.41, 5.74) is 14.5. The van der Waals surface area contributed by atoms with E-state index in [2.05, 4.69) is 52.0 Å². The average molecular weight is 276 g/mol. The minimum Gasteiger partial charge on any atom is -0.328 e. The molecule has 4 N–H and O–H groups in total. The van der Waals surface area contributed by atoms with Crippen LogP contribution in [0.4, 0.5) is 0 Å². The Morgan fingerprint density at radius 3 is 1.25 bits per heavy atom. The molecule has 0 saturated heterocycles. The van der Waals surface area contributed by atoms with Crippen LogP contribution in [-0.2, 0) is 12.8 Å². The van der Waals surface area contributed by atoms with Crippen LogP contribution in [0.25, 0.3) is 0 Å². The third kappa shape index (κ3) is 7.06. The normalized spacial score (nSPS) is 17.5. The molecule has 2 nitrogen and oxygen atoms in total. The number of benzene rings is 1. The fraction of sp³-hybridized carbons (Fsp3) is 0.667. The quantitative estimate of drug-likeness (QED) is 0.763. The number of rotatable bonds is 8. The van der Waals surface area contributed by atoms with Crippen LogP contribution in [0.15, 0.2) is 24.3 Å². The maximum atomic E-state index is 5.86. The molecule has 0 aliphatic heterocycles. The maximum absolute atomic E-state index is 5.86. The third-order valence-electron chi connectivity index (χ3n) is 3.74. The highest BCUT2D eigenvalue weighted by Gasteiger charge is 2.08. The molecule has 1 aromatic rings. The SMILES string of the molecule is CC(N)CC(C)Cc1ccc(CC(C)CC(C)N)cc1. The third-order valence-corrected chi connectivity index (χ3v) is 3.74. The summed E-state index contributed by atoms with van der Waals surface area (Å²) in [5.74, 6) is 1.30. The average Bonchev–Trinajstić information content (AvgIpc) is 2.29. The summed E-state index contributed by atoms with van der Waals surface area (Å²) < 4.78 is 0. The van der Waals surface area contributed by atoms with E-state index < -0.39 is 0 Å². The lowest BCUT2D eigenvalue weighted by atomic mass is 9.92. The van der Waals surface area contributed by atoms with E-state index in [1.807, 2.05) is 0 Å². The Hall–Kier alpha value is -0.860. The van der Waals surface area contributed by atoms with E-state index >= 15 is 0 Å². The Labute approximate surface area is 124 Å². The highest BCUT2D eigenvalue weighted by atomic mass is 14.6. The largest absolute Gasteiger partial charge is 0.328 e. The highest BCUT2D eigenvalue weighted by Crippen LogP contribution is 2.17. The van der Waals surface area contributed by atoms with Crippen LogP contribution >= 0.6 is 0 Å². The van der Waals surface area contributed by atoms with Gasteiger partial charge in [0.2, 0.25) is 0 Å². The topological polar surface area (TPSA) is 52.0 Å². The first kappa shape index (κ1) is 17.2. The van der Waals surface area contributed by atoms with Crippen molar-refractivity contribution in [3.8, 4) is 0 Å². The predicted molar refractivity (Wildman–Crippen MR) is 88.7 cm³/mol. The van der Waals surface area contributed by atoms with Crippen LogP contribution in [0.1, 0.15) is 51.7 Å². The molecule has 0 aliphatic rings. The zero-order chi connectivity index (χ0) is 15.1. The summed E-state index contributed by atoms with van der Waals surface area (Å²) in [4.78, 5) is 0. The van der Waals surface area contributed by atoms with Crippen LogP contribution in [-0.4, -0.2) is 12.1 Å². The van der Waals surface area contributed by atoms with Gasteiger partial charge in [-0.3, -0.25) is 0 Å². The van der Waals surface area contributed by atoms with Gasteiger partial charge >= 0.3 is 0 Å². The zero-order valence-corrected chi connectivity index (χ0v) is 13.6. The molecule has 0 bridgehead atoms. The molecule has 0 amide bonds. The molecule has 0 aliphatic carbocycles. The number of nitrogens with two attached hydrogens (primary N) is 2. The van der Waals surface area contributed by atoms with Crippen molar-refractivity contribution < 1.29 is 0 Å². The zero-order valence-electron chi connectivity index (χ0n) is 13.6. The second-order valence-corrected chi connectivity index (χ2v) is 6.86. The van der Waals surface area contributed by atoms with Gasteiger partial charge in [0.1, 0.15) is 0 Å². The van der Waals surface area contributed by atoms with Gasteiger partial charge in [-0.25, -0.2) is 0 Å². The molecule has 0 saturated carbocycles. The van der Waals surface area contributed by atoms with Gasteiger partial charge in [-0.15, -0.1) is 0 Å². The van der Waals surface area contributed by atoms with Gasteiger partial charge in [0.05, 0.1) is 0 Å². The number of hydrogen-bond acceptors (Lipinski definition) is 2. The minimum absolute atomic E-state index is 0.295. The van der Waals surface area contributed by atoms with Gasteiger partial charge < -0.3 is 11.5 Å². The second-order valence-electron chi connectivity index (χ2n) is 6.86. The molecular weight excluding hydrogens is 244 g/mol. The van der Waals surface area contributed by atoms with Crippen molar-refractivity contribution in [3.05, 3.63) is 35.4 Å². The van der Waals surface area contributed by atoms with Crippen LogP contribution < -0.4 is 11.5 Å². The first-order valence-corrected chi connectivity index (χ1v) is 7.95. The minimum atomic E-state index is 0.295. The summed E-state index contributed by atoms with van der Waals surface area (Å²) in [7, 11) is 0.